The molecular formula is C50H78O22. The summed E-state index contributed by atoms with van der Waals surface area (Å²) >= 11 is 0. The lowest BCUT2D eigenvalue weighted by molar-refractivity contribution is -0.403. The van der Waals surface area contributed by atoms with Crippen LogP contribution in [-0.4, -0.2) is 229 Å². The first kappa shape index (κ1) is 54.0. The summed E-state index contributed by atoms with van der Waals surface area (Å²) in [5.74, 6) is 1.74. The van der Waals surface area contributed by atoms with Gasteiger partial charge >= 0.3 is 0 Å². The van der Waals surface area contributed by atoms with Gasteiger partial charge in [-0.15, -0.1) is 0 Å². The number of aliphatic hydroxyl groups excluding tert-OH is 12. The van der Waals surface area contributed by atoms with E-state index in [1.165, 1.54) is 5.57 Å². The van der Waals surface area contributed by atoms with Crippen molar-refractivity contribution in [3.63, 3.8) is 0 Å². The zero-order valence-corrected chi connectivity index (χ0v) is 41.1. The van der Waals surface area contributed by atoms with Crippen LogP contribution in [0.2, 0.25) is 0 Å². The summed E-state index contributed by atoms with van der Waals surface area (Å²) in [7, 11) is 0. The van der Waals surface area contributed by atoms with E-state index in [-0.39, 0.29) is 16.9 Å². The van der Waals surface area contributed by atoms with Crippen molar-refractivity contribution in [2.45, 2.75) is 213 Å². The molecule has 0 aromatic carbocycles. The maximum atomic E-state index is 11.8. The quantitative estimate of drug-likeness (QED) is 0.0958. The smallest absolute Gasteiger partial charge is 0.187 e. The van der Waals surface area contributed by atoms with Crippen molar-refractivity contribution in [1.29, 1.82) is 0 Å². The zero-order valence-electron chi connectivity index (χ0n) is 41.1. The van der Waals surface area contributed by atoms with Crippen LogP contribution in [0.15, 0.2) is 23.8 Å². The molecule has 1 spiro atoms. The van der Waals surface area contributed by atoms with E-state index in [0.717, 1.165) is 50.5 Å². The molecule has 22 nitrogen and oxygen atoms in total. The van der Waals surface area contributed by atoms with Gasteiger partial charge in [-0.25, -0.2) is 0 Å². The Morgan fingerprint density at radius 3 is 2.00 bits per heavy atom. The Balaban J connectivity index is 0.826. The van der Waals surface area contributed by atoms with Crippen molar-refractivity contribution >= 4 is 0 Å². The van der Waals surface area contributed by atoms with Gasteiger partial charge in [0, 0.05) is 12.3 Å². The molecule has 0 radical (unpaired) electrons. The topological polar surface area (TPSA) is 335 Å². The van der Waals surface area contributed by atoms with Crippen LogP contribution in [0.3, 0.4) is 0 Å². The van der Waals surface area contributed by atoms with Crippen molar-refractivity contribution in [1.82, 2.24) is 0 Å². The van der Waals surface area contributed by atoms with Crippen molar-refractivity contribution in [2.24, 2.45) is 40.4 Å². The Bertz CT molecular complexity index is 1930. The first-order valence-corrected chi connectivity index (χ1v) is 26.1. The van der Waals surface area contributed by atoms with E-state index in [9.17, 15) is 61.3 Å². The molecule has 4 aliphatic carbocycles. The summed E-state index contributed by atoms with van der Waals surface area (Å²) in [6.07, 6.45) is -22.8. The molecule has 10 aliphatic rings. The lowest BCUT2D eigenvalue weighted by atomic mass is 9.47. The van der Waals surface area contributed by atoms with Gasteiger partial charge in [0.2, 0.25) is 0 Å². The van der Waals surface area contributed by atoms with Crippen LogP contribution < -0.4 is 0 Å². The van der Waals surface area contributed by atoms with Crippen LogP contribution in [0, 0.1) is 40.4 Å². The summed E-state index contributed by atoms with van der Waals surface area (Å²) in [5, 5.41) is 129. The monoisotopic (exact) mass is 1030 g/mol. The lowest BCUT2D eigenvalue weighted by Gasteiger charge is -2.58. The number of rotatable bonds is 11. The SMILES string of the molecule is C=C1CCC2(OC1)OC1CC3C4CC=C5CC(OC6OC(CO)C(OC7OC(CO)C(O)C(OC8OCC(O)C(O)C8O)C7OC7OC(CO)C(O)C(O)C7O)C(O)C6O)CCC5(C)C4CCC3(C)C1C2C. The van der Waals surface area contributed by atoms with E-state index in [0.29, 0.717) is 49.0 Å². The van der Waals surface area contributed by atoms with Gasteiger partial charge < -0.3 is 109 Å². The summed E-state index contributed by atoms with van der Waals surface area (Å²) in [5.41, 5.74) is 2.52. The molecule has 29 atom stereocenters. The molecule has 0 aromatic rings. The summed E-state index contributed by atoms with van der Waals surface area (Å²) in [4.78, 5) is 0. The number of fused-ring (bicyclic) bond motifs is 7. The minimum absolute atomic E-state index is 0.0570. The predicted octanol–water partition coefficient (Wildman–Crippen LogP) is -2.43. The molecule has 3 saturated carbocycles. The number of allylic oxidation sites excluding steroid dienone is 1. The second-order valence-electron chi connectivity index (χ2n) is 23.0. The van der Waals surface area contributed by atoms with Crippen LogP contribution in [0.4, 0.5) is 0 Å². The molecule has 6 aliphatic heterocycles. The maximum Gasteiger partial charge on any atom is 0.187 e. The third-order valence-electron chi connectivity index (χ3n) is 19.2. The van der Waals surface area contributed by atoms with Gasteiger partial charge in [0.05, 0.1) is 45.2 Å². The zero-order chi connectivity index (χ0) is 51.3. The van der Waals surface area contributed by atoms with Gasteiger partial charge in [0.25, 0.3) is 0 Å². The molecule has 0 bridgehead atoms. The van der Waals surface area contributed by atoms with Crippen molar-refractivity contribution in [2.75, 3.05) is 33.0 Å². The largest absolute Gasteiger partial charge is 0.394 e. The van der Waals surface area contributed by atoms with Crippen molar-refractivity contribution in [3.05, 3.63) is 23.8 Å². The third-order valence-corrected chi connectivity index (χ3v) is 19.2. The molecule has 22 heteroatoms. The lowest BCUT2D eigenvalue weighted by Crippen LogP contribution is -2.68. The highest BCUT2D eigenvalue weighted by atomic mass is 16.8. The molecule has 10 rings (SSSR count). The van der Waals surface area contributed by atoms with Gasteiger partial charge in [-0.1, -0.05) is 44.6 Å². The first-order chi connectivity index (χ1) is 34.3. The molecule has 6 saturated heterocycles. The molecular weight excluding hydrogens is 953 g/mol. The molecule has 6 heterocycles. The van der Waals surface area contributed by atoms with Gasteiger partial charge in [-0.3, -0.25) is 0 Å². The number of aliphatic hydroxyl groups is 12. The third kappa shape index (κ3) is 9.10. The highest BCUT2D eigenvalue weighted by Gasteiger charge is 2.69. The maximum absolute atomic E-state index is 11.8. The van der Waals surface area contributed by atoms with E-state index in [1.54, 1.807) is 0 Å². The van der Waals surface area contributed by atoms with Gasteiger partial charge in [0.15, 0.2) is 30.9 Å². The highest BCUT2D eigenvalue weighted by Crippen LogP contribution is 2.70. The van der Waals surface area contributed by atoms with E-state index in [2.05, 4.69) is 33.4 Å². The standard InChI is InChI=1S/C50H78O22/c1-20-7-12-50(64-18-20)21(2)32-28(72-50)14-26-24-6-5-22-13-23(8-10-48(22,3)25(24)9-11-49(26,32)4)65-45-40(62)37(59)41(31(17-53)68-45)69-47-43(71-46-39(61)36(58)34(56)29(15-51)66-46)42(35(57)30(16-52)67-47)70-44-38(60)33(55)27(54)19-63-44/h5,21,23-47,51-62H,1,6-19H2,2-4H3. The summed E-state index contributed by atoms with van der Waals surface area (Å²) in [6, 6.07) is 0. The Morgan fingerprint density at radius 2 is 1.29 bits per heavy atom. The Labute approximate surface area is 418 Å². The van der Waals surface area contributed by atoms with Crippen LogP contribution in [0.1, 0.15) is 78.6 Å². The molecule has 9 fully saturated rings. The van der Waals surface area contributed by atoms with E-state index >= 15 is 0 Å². The second-order valence-corrected chi connectivity index (χ2v) is 23.0. The van der Waals surface area contributed by atoms with Crippen LogP contribution in [0.25, 0.3) is 0 Å². The van der Waals surface area contributed by atoms with E-state index < -0.39 is 155 Å². The molecule has 12 N–H and O–H groups in total. The molecule has 410 valence electrons. The fraction of sp³-hybridized carbons (Fsp3) is 0.920. The average Bonchev–Trinajstić information content (AvgIpc) is 3.82. The minimum Gasteiger partial charge on any atom is -0.394 e. The van der Waals surface area contributed by atoms with E-state index in [1.807, 2.05) is 0 Å². The van der Waals surface area contributed by atoms with Crippen LogP contribution in [0.5, 0.6) is 0 Å². The van der Waals surface area contributed by atoms with Gasteiger partial charge in [0.1, 0.15) is 91.6 Å². The number of hydrogen-bond donors (Lipinski definition) is 12. The Hall–Kier alpha value is -1.40. The predicted molar refractivity (Wildman–Crippen MR) is 242 cm³/mol. The van der Waals surface area contributed by atoms with Crippen molar-refractivity contribution < 1.29 is 109 Å². The highest BCUT2D eigenvalue weighted by molar-refractivity contribution is 5.27. The fourth-order valence-corrected chi connectivity index (χ4v) is 15.1. The second kappa shape index (κ2) is 20.8. The van der Waals surface area contributed by atoms with Gasteiger partial charge in [-0.05, 0) is 85.9 Å². The first-order valence-electron chi connectivity index (χ1n) is 26.1. The summed E-state index contributed by atoms with van der Waals surface area (Å²) in [6.45, 7) is 8.93. The fourth-order valence-electron chi connectivity index (χ4n) is 15.1. The van der Waals surface area contributed by atoms with Crippen LogP contribution in [-0.2, 0) is 47.4 Å². The molecule has 0 amide bonds. The average molecular weight is 1030 g/mol. The van der Waals surface area contributed by atoms with Crippen molar-refractivity contribution in [3.8, 4) is 0 Å². The van der Waals surface area contributed by atoms with E-state index in [4.69, 9.17) is 47.4 Å². The van der Waals surface area contributed by atoms with Crippen LogP contribution >= 0.6 is 0 Å². The number of ether oxygens (including phenoxy) is 10. The Kier molecular flexibility index (Phi) is 15.6. The Morgan fingerprint density at radius 1 is 0.653 bits per heavy atom. The van der Waals surface area contributed by atoms with Gasteiger partial charge in [-0.2, -0.15) is 0 Å². The molecule has 72 heavy (non-hydrogen) atoms. The normalized spacial score (nSPS) is 55.7. The molecule has 29 unspecified atom stereocenters. The molecule has 0 aromatic heterocycles. The minimum atomic E-state index is -2.00. The summed E-state index contributed by atoms with van der Waals surface area (Å²) < 4.78 is 61.1. The number of hydrogen-bond acceptors (Lipinski definition) is 22.